The van der Waals surface area contributed by atoms with Gasteiger partial charge in [0, 0.05) is 44.0 Å². The number of amides is 2. The Morgan fingerprint density at radius 1 is 1.20 bits per heavy atom. The summed E-state index contributed by atoms with van der Waals surface area (Å²) in [6.45, 7) is 5.94. The van der Waals surface area contributed by atoms with E-state index in [1.54, 1.807) is 7.11 Å². The number of benzene rings is 1. The molecule has 2 aliphatic heterocycles. The van der Waals surface area contributed by atoms with Gasteiger partial charge in [-0.15, -0.1) is 0 Å². The molecule has 0 bridgehead atoms. The van der Waals surface area contributed by atoms with Crippen molar-refractivity contribution in [3.05, 3.63) is 28.8 Å². The van der Waals surface area contributed by atoms with Crippen molar-refractivity contribution in [1.29, 1.82) is 0 Å². The Labute approximate surface area is 153 Å². The molecule has 2 fully saturated rings. The number of likely N-dealkylation sites (tertiary alicyclic amines) is 1. The van der Waals surface area contributed by atoms with Crippen molar-refractivity contribution in [2.24, 2.45) is 0 Å². The molecule has 1 aromatic rings. The fourth-order valence-electron chi connectivity index (χ4n) is 3.57. The van der Waals surface area contributed by atoms with Gasteiger partial charge in [0.15, 0.2) is 0 Å². The Hall–Kier alpha value is -1.63. The molecular weight excluding hydrogens is 342 g/mol. The molecule has 6 nitrogen and oxygen atoms in total. The molecule has 7 heteroatoms. The number of aryl methyl sites for hydroxylation is 1. The molecule has 0 radical (unpaired) electrons. The second-order valence-corrected chi connectivity index (χ2v) is 6.99. The van der Waals surface area contributed by atoms with Gasteiger partial charge in [-0.1, -0.05) is 17.7 Å². The molecule has 0 spiro atoms. The van der Waals surface area contributed by atoms with Gasteiger partial charge < -0.3 is 9.64 Å². The third-order valence-corrected chi connectivity index (χ3v) is 5.24. The van der Waals surface area contributed by atoms with Crippen molar-refractivity contribution in [1.82, 2.24) is 9.80 Å². The van der Waals surface area contributed by atoms with E-state index in [1.807, 2.05) is 18.2 Å². The normalized spacial score (nSPS) is 22.1. The van der Waals surface area contributed by atoms with Crippen LogP contribution in [0.4, 0.5) is 5.69 Å². The van der Waals surface area contributed by atoms with E-state index in [4.69, 9.17) is 16.3 Å². The summed E-state index contributed by atoms with van der Waals surface area (Å²) in [7, 11) is 1.57. The third-order valence-electron chi connectivity index (χ3n) is 5.01. The Kier molecular flexibility index (Phi) is 5.61. The molecule has 2 aliphatic rings. The Bertz CT molecular complexity index is 659. The van der Waals surface area contributed by atoms with Gasteiger partial charge in [-0.2, -0.15) is 0 Å². The van der Waals surface area contributed by atoms with E-state index in [1.165, 1.54) is 10.5 Å². The molecule has 136 valence electrons. The fourth-order valence-corrected chi connectivity index (χ4v) is 3.73. The van der Waals surface area contributed by atoms with Gasteiger partial charge in [0.1, 0.15) is 0 Å². The molecule has 1 aromatic carbocycles. The predicted molar refractivity (Wildman–Crippen MR) is 97.0 cm³/mol. The minimum Gasteiger partial charge on any atom is -0.383 e. The number of halogens is 1. The second-order valence-electron chi connectivity index (χ2n) is 6.55. The molecule has 0 saturated carbocycles. The smallest absolute Gasteiger partial charge is 0.247 e. The van der Waals surface area contributed by atoms with Gasteiger partial charge in [0.25, 0.3) is 0 Å². The Morgan fingerprint density at radius 3 is 2.60 bits per heavy atom. The standard InChI is InChI=1S/C18H24ClN3O3/c1-13-3-4-14(19)11-15(13)20-5-7-21(8-6-20)16-12-17(23)22(18(16)24)9-10-25-2/h3-4,11,16H,5-10,12H2,1-2H3/t16-/m0/s1. The first kappa shape index (κ1) is 18.2. The van der Waals surface area contributed by atoms with Crippen molar-refractivity contribution in [3.63, 3.8) is 0 Å². The lowest BCUT2D eigenvalue weighted by Gasteiger charge is -2.38. The van der Waals surface area contributed by atoms with Crippen LogP contribution < -0.4 is 4.90 Å². The van der Waals surface area contributed by atoms with Gasteiger partial charge in [0.05, 0.1) is 25.6 Å². The minimum absolute atomic E-state index is 0.0885. The quantitative estimate of drug-likeness (QED) is 0.741. The zero-order valence-corrected chi connectivity index (χ0v) is 15.5. The van der Waals surface area contributed by atoms with Gasteiger partial charge in [0.2, 0.25) is 11.8 Å². The summed E-state index contributed by atoms with van der Waals surface area (Å²) in [5.74, 6) is -0.186. The topological polar surface area (TPSA) is 53.1 Å². The van der Waals surface area contributed by atoms with Crippen LogP contribution >= 0.6 is 11.6 Å². The van der Waals surface area contributed by atoms with Crippen molar-refractivity contribution in [3.8, 4) is 0 Å². The number of anilines is 1. The van der Waals surface area contributed by atoms with E-state index < -0.39 is 0 Å². The Balaban J connectivity index is 1.62. The first-order valence-corrected chi connectivity index (χ1v) is 8.97. The summed E-state index contributed by atoms with van der Waals surface area (Å²) in [5, 5.41) is 0.730. The molecule has 25 heavy (non-hydrogen) atoms. The molecule has 2 saturated heterocycles. The molecule has 0 N–H and O–H groups in total. The number of piperazine rings is 1. The van der Waals surface area contributed by atoms with Crippen molar-refractivity contribution < 1.29 is 14.3 Å². The summed E-state index contributed by atoms with van der Waals surface area (Å²) in [6.07, 6.45) is 0.277. The Morgan fingerprint density at radius 2 is 1.92 bits per heavy atom. The lowest BCUT2D eigenvalue weighted by Crippen LogP contribution is -2.52. The maximum Gasteiger partial charge on any atom is 0.247 e. The second kappa shape index (κ2) is 7.72. The maximum atomic E-state index is 12.5. The molecular formula is C18H24ClN3O3. The molecule has 1 atom stereocenters. The van der Waals surface area contributed by atoms with Crippen LogP contribution in [0.15, 0.2) is 18.2 Å². The highest BCUT2D eigenvalue weighted by molar-refractivity contribution is 6.30. The SMILES string of the molecule is COCCN1C(=O)C[C@H](N2CCN(c3cc(Cl)ccc3C)CC2)C1=O. The van der Waals surface area contributed by atoms with Crippen LogP contribution in [0, 0.1) is 6.92 Å². The molecule has 2 heterocycles. The monoisotopic (exact) mass is 365 g/mol. The van der Waals surface area contributed by atoms with E-state index in [0.717, 1.165) is 36.9 Å². The zero-order valence-electron chi connectivity index (χ0n) is 14.7. The third kappa shape index (κ3) is 3.81. The van der Waals surface area contributed by atoms with Crippen LogP contribution in [-0.2, 0) is 14.3 Å². The average molecular weight is 366 g/mol. The van der Waals surface area contributed by atoms with Gasteiger partial charge >= 0.3 is 0 Å². The molecule has 0 aromatic heterocycles. The molecule has 0 aliphatic carbocycles. The average Bonchev–Trinajstić information content (AvgIpc) is 2.89. The van der Waals surface area contributed by atoms with E-state index >= 15 is 0 Å². The largest absolute Gasteiger partial charge is 0.383 e. The number of hydrogen-bond acceptors (Lipinski definition) is 5. The molecule has 3 rings (SSSR count). The van der Waals surface area contributed by atoms with Crippen LogP contribution in [-0.4, -0.2) is 74.1 Å². The van der Waals surface area contributed by atoms with E-state index in [0.29, 0.717) is 13.2 Å². The van der Waals surface area contributed by atoms with Gasteiger partial charge in [-0.3, -0.25) is 19.4 Å². The van der Waals surface area contributed by atoms with Crippen LogP contribution in [0.25, 0.3) is 0 Å². The lowest BCUT2D eigenvalue weighted by atomic mass is 10.1. The number of nitrogens with zero attached hydrogens (tertiary/aromatic N) is 3. The zero-order chi connectivity index (χ0) is 18.0. The molecule has 2 amide bonds. The minimum atomic E-state index is -0.327. The number of carbonyl (C=O) groups excluding carboxylic acids is 2. The van der Waals surface area contributed by atoms with Gasteiger partial charge in [-0.25, -0.2) is 0 Å². The van der Waals surface area contributed by atoms with Crippen LogP contribution in [0.2, 0.25) is 5.02 Å². The number of hydrogen-bond donors (Lipinski definition) is 0. The van der Waals surface area contributed by atoms with E-state index in [-0.39, 0.29) is 24.3 Å². The maximum absolute atomic E-state index is 12.5. The highest BCUT2D eigenvalue weighted by Gasteiger charge is 2.42. The number of imide groups is 1. The van der Waals surface area contributed by atoms with Crippen molar-refractivity contribution in [2.45, 2.75) is 19.4 Å². The fraction of sp³-hybridized carbons (Fsp3) is 0.556. The van der Waals surface area contributed by atoms with Crippen molar-refractivity contribution >= 4 is 29.1 Å². The van der Waals surface area contributed by atoms with E-state index in [9.17, 15) is 9.59 Å². The lowest BCUT2D eigenvalue weighted by molar-refractivity contribution is -0.140. The van der Waals surface area contributed by atoms with Crippen LogP contribution in [0.3, 0.4) is 0 Å². The summed E-state index contributed by atoms with van der Waals surface area (Å²) < 4.78 is 4.99. The molecule has 0 unspecified atom stereocenters. The number of methoxy groups -OCH3 is 1. The highest BCUT2D eigenvalue weighted by Crippen LogP contribution is 2.27. The number of ether oxygens (including phenoxy) is 1. The van der Waals surface area contributed by atoms with Crippen LogP contribution in [0.1, 0.15) is 12.0 Å². The number of carbonyl (C=O) groups is 2. The van der Waals surface area contributed by atoms with Gasteiger partial charge in [-0.05, 0) is 24.6 Å². The van der Waals surface area contributed by atoms with Crippen LogP contribution in [0.5, 0.6) is 0 Å². The summed E-state index contributed by atoms with van der Waals surface area (Å²) in [5.41, 5.74) is 2.33. The van der Waals surface area contributed by atoms with E-state index in [2.05, 4.69) is 16.7 Å². The first-order chi connectivity index (χ1) is 12.0. The first-order valence-electron chi connectivity index (χ1n) is 8.59. The summed E-state index contributed by atoms with van der Waals surface area (Å²) >= 11 is 6.13. The summed E-state index contributed by atoms with van der Waals surface area (Å²) in [6, 6.07) is 5.58. The highest BCUT2D eigenvalue weighted by atomic mass is 35.5. The number of rotatable bonds is 5. The van der Waals surface area contributed by atoms with Crippen molar-refractivity contribution in [2.75, 3.05) is 51.3 Å². The predicted octanol–water partition coefficient (Wildman–Crippen LogP) is 1.54. The summed E-state index contributed by atoms with van der Waals surface area (Å²) in [4.78, 5) is 30.4.